The quantitative estimate of drug-likeness (QED) is 0.717. The molecule has 0 aromatic rings. The average molecular weight is 240 g/mol. The van der Waals surface area contributed by atoms with E-state index in [1.54, 1.807) is 4.90 Å². The molecule has 0 bridgehead atoms. The van der Waals surface area contributed by atoms with E-state index in [1.807, 2.05) is 0 Å². The average Bonchev–Trinajstić information content (AvgIpc) is 2.43. The van der Waals surface area contributed by atoms with Gasteiger partial charge in [-0.15, -0.1) is 0 Å². The van der Waals surface area contributed by atoms with Crippen molar-refractivity contribution in [3.63, 3.8) is 0 Å². The maximum atomic E-state index is 11.8. The van der Waals surface area contributed by atoms with Crippen molar-refractivity contribution in [3.05, 3.63) is 0 Å². The highest BCUT2D eigenvalue weighted by atomic mass is 16.4. The minimum absolute atomic E-state index is 0.0885. The smallest absolute Gasteiger partial charge is 0.317 e. The fraction of sp³-hybridized carbons (Fsp3) is 0.833. The number of nitrogens with zero attached hydrogens (tertiary/aromatic N) is 1. The molecule has 1 saturated carbocycles. The van der Waals surface area contributed by atoms with E-state index >= 15 is 0 Å². The van der Waals surface area contributed by atoms with Gasteiger partial charge in [0.2, 0.25) is 0 Å². The van der Waals surface area contributed by atoms with E-state index in [0.717, 1.165) is 12.8 Å². The predicted octanol–water partition coefficient (Wildman–Crippen LogP) is 1.44. The number of urea groups is 1. The number of hydrogen-bond acceptors (Lipinski definition) is 2. The van der Waals surface area contributed by atoms with Crippen molar-refractivity contribution in [2.75, 3.05) is 13.1 Å². The molecule has 2 rings (SSSR count). The standard InChI is InChI=1S/C12H20N2O3/c15-11(16)9-7-14(8-9)12(17)13-10-5-3-1-2-4-6-10/h9-10H,1-8H2,(H,13,17)(H,15,16). The lowest BCUT2D eigenvalue weighted by molar-refractivity contribution is -0.146. The van der Waals surface area contributed by atoms with Gasteiger partial charge in [-0.25, -0.2) is 4.79 Å². The fourth-order valence-corrected chi connectivity index (χ4v) is 2.49. The Morgan fingerprint density at radius 2 is 1.65 bits per heavy atom. The molecule has 0 radical (unpaired) electrons. The van der Waals surface area contributed by atoms with Crippen LogP contribution in [-0.4, -0.2) is 41.1 Å². The maximum absolute atomic E-state index is 11.8. The van der Waals surface area contributed by atoms with Crippen LogP contribution in [0.25, 0.3) is 0 Å². The minimum Gasteiger partial charge on any atom is -0.481 e. The summed E-state index contributed by atoms with van der Waals surface area (Å²) in [4.78, 5) is 24.0. The highest BCUT2D eigenvalue weighted by molar-refractivity contribution is 5.79. The summed E-state index contributed by atoms with van der Waals surface area (Å²) in [5, 5.41) is 11.7. The second-order valence-corrected chi connectivity index (χ2v) is 5.08. The summed E-state index contributed by atoms with van der Waals surface area (Å²) in [5.41, 5.74) is 0. The van der Waals surface area contributed by atoms with Crippen molar-refractivity contribution in [3.8, 4) is 0 Å². The van der Waals surface area contributed by atoms with Gasteiger partial charge in [-0.3, -0.25) is 4.79 Å². The van der Waals surface area contributed by atoms with Gasteiger partial charge in [0.1, 0.15) is 0 Å². The predicted molar refractivity (Wildman–Crippen MR) is 62.7 cm³/mol. The van der Waals surface area contributed by atoms with Crippen LogP contribution in [0.2, 0.25) is 0 Å². The number of carbonyl (C=O) groups is 2. The van der Waals surface area contributed by atoms with E-state index in [4.69, 9.17) is 5.11 Å². The monoisotopic (exact) mass is 240 g/mol. The number of likely N-dealkylation sites (tertiary alicyclic amines) is 1. The zero-order chi connectivity index (χ0) is 12.3. The first kappa shape index (κ1) is 12.2. The Morgan fingerprint density at radius 1 is 1.06 bits per heavy atom. The van der Waals surface area contributed by atoms with Crippen molar-refractivity contribution >= 4 is 12.0 Å². The summed E-state index contributed by atoms with van der Waals surface area (Å²) < 4.78 is 0. The van der Waals surface area contributed by atoms with Gasteiger partial charge in [0.15, 0.2) is 0 Å². The van der Waals surface area contributed by atoms with Gasteiger partial charge in [0.05, 0.1) is 5.92 Å². The largest absolute Gasteiger partial charge is 0.481 e. The topological polar surface area (TPSA) is 69.6 Å². The van der Waals surface area contributed by atoms with Crippen LogP contribution in [0.3, 0.4) is 0 Å². The number of hydrogen-bond donors (Lipinski definition) is 2. The molecule has 5 nitrogen and oxygen atoms in total. The first-order valence-electron chi connectivity index (χ1n) is 6.45. The van der Waals surface area contributed by atoms with Crippen molar-refractivity contribution < 1.29 is 14.7 Å². The van der Waals surface area contributed by atoms with Crippen molar-refractivity contribution in [1.29, 1.82) is 0 Å². The molecule has 1 aliphatic heterocycles. The molecule has 0 unspecified atom stereocenters. The molecule has 5 heteroatoms. The molecule has 2 aliphatic rings. The van der Waals surface area contributed by atoms with Gasteiger partial charge in [0.25, 0.3) is 0 Å². The van der Waals surface area contributed by atoms with Crippen molar-refractivity contribution in [2.24, 2.45) is 5.92 Å². The van der Waals surface area contributed by atoms with E-state index < -0.39 is 5.97 Å². The van der Waals surface area contributed by atoms with Gasteiger partial charge in [-0.1, -0.05) is 25.7 Å². The third-order valence-corrected chi connectivity index (χ3v) is 3.70. The Balaban J connectivity index is 1.72. The molecule has 0 aromatic heterocycles. The number of rotatable bonds is 2. The Hall–Kier alpha value is -1.26. The fourth-order valence-electron chi connectivity index (χ4n) is 2.49. The molecule has 1 saturated heterocycles. The number of carboxylic acids is 1. The first-order chi connectivity index (χ1) is 8.16. The molecule has 2 N–H and O–H groups in total. The highest BCUT2D eigenvalue weighted by Crippen LogP contribution is 2.19. The second-order valence-electron chi connectivity index (χ2n) is 5.08. The molecular formula is C12H20N2O3. The van der Waals surface area contributed by atoms with Gasteiger partial charge in [-0.2, -0.15) is 0 Å². The van der Waals surface area contributed by atoms with Crippen molar-refractivity contribution in [2.45, 2.75) is 44.6 Å². The third-order valence-electron chi connectivity index (χ3n) is 3.70. The van der Waals surface area contributed by atoms with Crippen molar-refractivity contribution in [1.82, 2.24) is 10.2 Å². The minimum atomic E-state index is -0.802. The molecule has 0 atom stereocenters. The highest BCUT2D eigenvalue weighted by Gasteiger charge is 2.36. The molecule has 1 aliphatic carbocycles. The van der Waals surface area contributed by atoms with Crippen LogP contribution < -0.4 is 5.32 Å². The molecule has 2 fully saturated rings. The lowest BCUT2D eigenvalue weighted by atomic mass is 10.0. The zero-order valence-electron chi connectivity index (χ0n) is 10.0. The van der Waals surface area contributed by atoms with E-state index in [0.29, 0.717) is 13.1 Å². The molecule has 0 aromatic carbocycles. The van der Waals surface area contributed by atoms with Gasteiger partial charge in [0, 0.05) is 19.1 Å². The van der Waals surface area contributed by atoms with Crippen LogP contribution in [0.4, 0.5) is 4.79 Å². The summed E-state index contributed by atoms with van der Waals surface area (Å²) in [5.74, 6) is -1.17. The summed E-state index contributed by atoms with van der Waals surface area (Å²) in [6, 6.07) is 0.197. The van der Waals surface area contributed by atoms with E-state index in [1.165, 1.54) is 25.7 Å². The number of nitrogens with one attached hydrogen (secondary N) is 1. The normalized spacial score (nSPS) is 22.7. The Kier molecular flexibility index (Phi) is 3.86. The lowest BCUT2D eigenvalue weighted by Crippen LogP contribution is -2.57. The molecule has 96 valence electrons. The second kappa shape index (κ2) is 5.38. The Labute approximate surface area is 101 Å². The van der Waals surface area contributed by atoms with Crippen LogP contribution in [0.1, 0.15) is 38.5 Å². The van der Waals surface area contributed by atoms with Crippen LogP contribution in [-0.2, 0) is 4.79 Å². The summed E-state index contributed by atoms with van der Waals surface area (Å²) in [7, 11) is 0. The van der Waals surface area contributed by atoms with Gasteiger partial charge >= 0.3 is 12.0 Å². The van der Waals surface area contributed by atoms with Gasteiger partial charge < -0.3 is 15.3 Å². The maximum Gasteiger partial charge on any atom is 0.317 e. The number of carbonyl (C=O) groups excluding carboxylic acids is 1. The van der Waals surface area contributed by atoms with Crippen LogP contribution in [0.5, 0.6) is 0 Å². The van der Waals surface area contributed by atoms with E-state index in [2.05, 4.69) is 5.32 Å². The third kappa shape index (κ3) is 3.11. The first-order valence-corrected chi connectivity index (χ1v) is 6.45. The molecular weight excluding hydrogens is 220 g/mol. The zero-order valence-corrected chi connectivity index (χ0v) is 10.0. The SMILES string of the molecule is O=C(O)C1CN(C(=O)NC2CCCCCC2)C1. The summed E-state index contributed by atoms with van der Waals surface area (Å²) in [6.45, 7) is 0.710. The number of aliphatic carboxylic acids is 1. The Morgan fingerprint density at radius 3 is 2.18 bits per heavy atom. The van der Waals surface area contributed by atoms with Crippen LogP contribution in [0, 0.1) is 5.92 Å². The molecule has 0 spiro atoms. The van der Waals surface area contributed by atoms with E-state index in [9.17, 15) is 9.59 Å². The Bertz CT molecular complexity index is 292. The summed E-state index contributed by atoms with van der Waals surface area (Å²) in [6.07, 6.45) is 7.00. The van der Waals surface area contributed by atoms with Crippen LogP contribution >= 0.6 is 0 Å². The van der Waals surface area contributed by atoms with E-state index in [-0.39, 0.29) is 18.0 Å². The number of carboxylic acid groups (broad SMARTS) is 1. The molecule has 2 amide bonds. The lowest BCUT2D eigenvalue weighted by Gasteiger charge is -2.37. The number of amides is 2. The molecule has 17 heavy (non-hydrogen) atoms. The summed E-state index contributed by atoms with van der Waals surface area (Å²) >= 11 is 0. The molecule has 1 heterocycles. The van der Waals surface area contributed by atoms with Crippen LogP contribution in [0.15, 0.2) is 0 Å². The van der Waals surface area contributed by atoms with Gasteiger partial charge in [-0.05, 0) is 12.8 Å².